The van der Waals surface area contributed by atoms with Gasteiger partial charge in [0.15, 0.2) is 0 Å². The van der Waals surface area contributed by atoms with Gasteiger partial charge in [0.1, 0.15) is 12.6 Å². The molecule has 2 rings (SSSR count). The molecule has 35 heavy (non-hydrogen) atoms. The summed E-state index contributed by atoms with van der Waals surface area (Å²) < 4.78 is 26.7. The number of carbonyl (C=O) groups is 2. The number of nitrogens with one attached hydrogen (secondary N) is 1. The Hall–Kier alpha value is -2.29. The van der Waals surface area contributed by atoms with E-state index in [2.05, 4.69) is 5.32 Å². The largest absolute Gasteiger partial charge is 0.352 e. The molecule has 0 saturated carbocycles. The molecule has 1 atom stereocenters. The number of anilines is 1. The number of carbonyl (C=O) groups excluding carboxylic acids is 2. The lowest BCUT2D eigenvalue weighted by Gasteiger charge is -2.32. The third-order valence-corrected chi connectivity index (χ3v) is 7.31. The number of amides is 2. The number of rotatable bonds is 10. The van der Waals surface area contributed by atoms with Crippen molar-refractivity contribution in [3.05, 3.63) is 63.6 Å². The second-order valence-corrected chi connectivity index (χ2v) is 11.8. The van der Waals surface area contributed by atoms with E-state index >= 15 is 0 Å². The normalized spacial score (nSPS) is 12.5. The maximum atomic E-state index is 13.6. The lowest BCUT2D eigenvalue weighted by Crippen LogP contribution is -2.52. The lowest BCUT2D eigenvalue weighted by molar-refractivity contribution is -0.139. The molecular weight excluding hydrogens is 509 g/mol. The molecule has 0 aliphatic heterocycles. The Morgan fingerprint density at radius 3 is 2.14 bits per heavy atom. The fourth-order valence-corrected chi connectivity index (χ4v) is 4.81. The van der Waals surface area contributed by atoms with E-state index < -0.39 is 28.5 Å². The molecule has 0 radical (unpaired) electrons. The van der Waals surface area contributed by atoms with Gasteiger partial charge in [-0.25, -0.2) is 8.42 Å². The van der Waals surface area contributed by atoms with Gasteiger partial charge in [-0.05, 0) is 56.0 Å². The Balaban J connectivity index is 2.48. The van der Waals surface area contributed by atoms with Crippen molar-refractivity contribution in [1.82, 2.24) is 10.2 Å². The third-order valence-electron chi connectivity index (χ3n) is 5.44. The molecule has 0 aliphatic carbocycles. The highest BCUT2D eigenvalue weighted by atomic mass is 35.5. The zero-order valence-electron chi connectivity index (χ0n) is 20.9. The molecule has 192 valence electrons. The van der Waals surface area contributed by atoms with Crippen molar-refractivity contribution in [2.24, 2.45) is 0 Å². The number of nitrogens with zero attached hydrogens (tertiary/aromatic N) is 2. The highest BCUT2D eigenvalue weighted by Crippen LogP contribution is 2.29. The van der Waals surface area contributed by atoms with Crippen LogP contribution >= 0.6 is 23.2 Å². The van der Waals surface area contributed by atoms with Gasteiger partial charge in [-0.3, -0.25) is 13.9 Å². The Bertz CT molecular complexity index is 1170. The van der Waals surface area contributed by atoms with Gasteiger partial charge in [0.05, 0.1) is 22.0 Å². The van der Waals surface area contributed by atoms with E-state index in [1.54, 1.807) is 37.3 Å². The standard InChI is InChI=1S/C25H33Cl2N3O4S/c1-16(2)20-9-7-8-10-23(20)30(35(6,33)34)15-24(31)29(18(5)25(32)28-17(3)4)14-19-11-12-21(26)22(27)13-19/h7-13,16-18H,14-15H2,1-6H3,(H,28,32)/t18-/m0/s1. The van der Waals surface area contributed by atoms with Crippen molar-refractivity contribution in [3.8, 4) is 0 Å². The Kier molecular flexibility index (Phi) is 10.0. The van der Waals surface area contributed by atoms with Gasteiger partial charge in [0.2, 0.25) is 21.8 Å². The molecule has 0 aliphatic rings. The van der Waals surface area contributed by atoms with Crippen molar-refractivity contribution in [3.63, 3.8) is 0 Å². The van der Waals surface area contributed by atoms with Gasteiger partial charge in [0.25, 0.3) is 0 Å². The van der Waals surface area contributed by atoms with Crippen molar-refractivity contribution in [1.29, 1.82) is 0 Å². The first-order valence-electron chi connectivity index (χ1n) is 11.3. The highest BCUT2D eigenvalue weighted by Gasteiger charge is 2.31. The molecule has 0 saturated heterocycles. The summed E-state index contributed by atoms with van der Waals surface area (Å²) >= 11 is 12.2. The first-order chi connectivity index (χ1) is 16.2. The molecule has 1 N–H and O–H groups in total. The van der Waals surface area contributed by atoms with Crippen LogP contribution in [0.4, 0.5) is 5.69 Å². The van der Waals surface area contributed by atoms with Gasteiger partial charge < -0.3 is 10.2 Å². The first-order valence-corrected chi connectivity index (χ1v) is 13.9. The summed E-state index contributed by atoms with van der Waals surface area (Å²) in [6.45, 7) is 8.76. The SMILES string of the molecule is CC(C)NC(=O)[C@H](C)N(Cc1ccc(Cl)c(Cl)c1)C(=O)CN(c1ccccc1C(C)C)S(C)(=O)=O. The highest BCUT2D eigenvalue weighted by molar-refractivity contribution is 7.92. The summed E-state index contributed by atoms with van der Waals surface area (Å²) in [5, 5.41) is 3.50. The van der Waals surface area contributed by atoms with Crippen molar-refractivity contribution < 1.29 is 18.0 Å². The molecule has 0 bridgehead atoms. The predicted molar refractivity (Wildman–Crippen MR) is 142 cm³/mol. The van der Waals surface area contributed by atoms with Crippen LogP contribution in [0.2, 0.25) is 10.0 Å². The van der Waals surface area contributed by atoms with Crippen LogP contribution in [-0.4, -0.2) is 50.0 Å². The number of halogens is 2. The van der Waals surface area contributed by atoms with Crippen LogP contribution in [0.1, 0.15) is 51.7 Å². The molecule has 2 amide bonds. The van der Waals surface area contributed by atoms with Crippen LogP contribution in [0.15, 0.2) is 42.5 Å². The second kappa shape index (κ2) is 12.1. The minimum absolute atomic E-state index is 0.0357. The fraction of sp³-hybridized carbons (Fsp3) is 0.440. The molecule has 10 heteroatoms. The Labute approximate surface area is 218 Å². The van der Waals surface area contributed by atoms with Crippen LogP contribution in [0, 0.1) is 0 Å². The number of hydrogen-bond donors (Lipinski definition) is 1. The van der Waals surface area contributed by atoms with Crippen LogP contribution in [0.25, 0.3) is 0 Å². The third kappa shape index (κ3) is 7.85. The summed E-state index contributed by atoms with van der Waals surface area (Å²) in [6, 6.07) is 11.0. The maximum Gasteiger partial charge on any atom is 0.244 e. The quantitative estimate of drug-likeness (QED) is 0.466. The molecule has 0 heterocycles. The van der Waals surface area contributed by atoms with Crippen molar-refractivity contribution in [2.75, 3.05) is 17.1 Å². The number of hydrogen-bond acceptors (Lipinski definition) is 4. The second-order valence-electron chi connectivity index (χ2n) is 9.09. The van der Waals surface area contributed by atoms with Gasteiger partial charge in [-0.1, -0.05) is 61.3 Å². The van der Waals surface area contributed by atoms with Gasteiger partial charge in [0, 0.05) is 12.6 Å². The number of para-hydroxylation sites is 1. The van der Waals surface area contributed by atoms with Crippen LogP contribution in [-0.2, 0) is 26.2 Å². The number of sulfonamides is 1. The lowest BCUT2D eigenvalue weighted by atomic mass is 10.0. The minimum Gasteiger partial charge on any atom is -0.352 e. The Morgan fingerprint density at radius 2 is 1.60 bits per heavy atom. The van der Waals surface area contributed by atoms with Gasteiger partial charge in [-0.2, -0.15) is 0 Å². The summed E-state index contributed by atoms with van der Waals surface area (Å²) in [5.74, 6) is -0.832. The average Bonchev–Trinajstić information content (AvgIpc) is 2.76. The fourth-order valence-electron chi connectivity index (χ4n) is 3.62. The first kappa shape index (κ1) is 28.9. The summed E-state index contributed by atoms with van der Waals surface area (Å²) in [6.07, 6.45) is 1.07. The molecule has 2 aromatic carbocycles. The Morgan fingerprint density at radius 1 is 0.971 bits per heavy atom. The summed E-state index contributed by atoms with van der Waals surface area (Å²) in [7, 11) is -3.81. The molecule has 2 aromatic rings. The van der Waals surface area contributed by atoms with E-state index in [0.29, 0.717) is 21.3 Å². The van der Waals surface area contributed by atoms with Gasteiger partial charge >= 0.3 is 0 Å². The molecule has 0 unspecified atom stereocenters. The molecule has 0 aromatic heterocycles. The van der Waals surface area contributed by atoms with E-state index in [1.807, 2.05) is 39.8 Å². The average molecular weight is 543 g/mol. The summed E-state index contributed by atoms with van der Waals surface area (Å²) in [5.41, 5.74) is 1.89. The zero-order chi connectivity index (χ0) is 26.5. The van der Waals surface area contributed by atoms with E-state index in [9.17, 15) is 18.0 Å². The molecule has 0 spiro atoms. The van der Waals surface area contributed by atoms with Gasteiger partial charge in [-0.15, -0.1) is 0 Å². The van der Waals surface area contributed by atoms with Crippen LogP contribution in [0.3, 0.4) is 0 Å². The monoisotopic (exact) mass is 541 g/mol. The maximum absolute atomic E-state index is 13.6. The van der Waals surface area contributed by atoms with Crippen molar-refractivity contribution in [2.45, 2.75) is 59.2 Å². The molecule has 0 fully saturated rings. The molecular formula is C25H33Cl2N3O4S. The van der Waals surface area contributed by atoms with Crippen molar-refractivity contribution >= 4 is 50.7 Å². The zero-order valence-corrected chi connectivity index (χ0v) is 23.2. The summed E-state index contributed by atoms with van der Waals surface area (Å²) in [4.78, 5) is 27.8. The predicted octanol–water partition coefficient (Wildman–Crippen LogP) is 4.82. The number of benzene rings is 2. The van der Waals surface area contributed by atoms with Crippen LogP contribution in [0.5, 0.6) is 0 Å². The smallest absolute Gasteiger partial charge is 0.244 e. The van der Waals surface area contributed by atoms with E-state index in [-0.39, 0.29) is 24.4 Å². The molecule has 7 nitrogen and oxygen atoms in total. The topological polar surface area (TPSA) is 86.8 Å². The van der Waals surface area contributed by atoms with E-state index in [0.717, 1.165) is 16.1 Å². The van der Waals surface area contributed by atoms with E-state index in [4.69, 9.17) is 23.2 Å². The minimum atomic E-state index is -3.81. The van der Waals surface area contributed by atoms with Crippen LogP contribution < -0.4 is 9.62 Å². The van der Waals surface area contributed by atoms with E-state index in [1.165, 1.54) is 4.90 Å².